The van der Waals surface area contributed by atoms with Gasteiger partial charge >= 0.3 is 0 Å². The molecule has 10 nitrogen and oxygen atoms in total. The van der Waals surface area contributed by atoms with Crippen LogP contribution in [0.4, 0.5) is 5.69 Å². The predicted octanol–water partition coefficient (Wildman–Crippen LogP) is 5.18. The van der Waals surface area contributed by atoms with E-state index < -0.39 is 11.6 Å². The molecule has 1 unspecified atom stereocenters. The number of benzene rings is 2. The van der Waals surface area contributed by atoms with E-state index in [-0.39, 0.29) is 17.7 Å². The Hall–Kier alpha value is -5.09. The van der Waals surface area contributed by atoms with Gasteiger partial charge in [-0.2, -0.15) is 10.2 Å². The van der Waals surface area contributed by atoms with Crippen LogP contribution < -0.4 is 10.6 Å². The Morgan fingerprint density at radius 2 is 1.73 bits per heavy atom. The number of H-pyrrole nitrogens is 1. The van der Waals surface area contributed by atoms with Crippen LogP contribution in [-0.4, -0.2) is 47.9 Å². The minimum absolute atomic E-state index is 0.261. The monoisotopic (exact) mass is 603 g/mol. The van der Waals surface area contributed by atoms with Gasteiger partial charge in [-0.1, -0.05) is 30.3 Å². The quantitative estimate of drug-likeness (QED) is 0.193. The van der Waals surface area contributed by atoms with Crippen LogP contribution in [0, 0.1) is 13.8 Å². The molecule has 0 bridgehead atoms. The molecule has 3 aromatic heterocycles. The standard InChI is InChI=1S/C35H37N7O3/c1-20-31(21(2)41-40-20)23-8-11-26(12-9-23)38-34(44)32(39-33(43)29-15-17-37-42(29)5)27-13-10-22-6-7-24(18-28(22)27)25-14-16-36-30(19-25)35(3,4)45/h6-9,11-12,14-19,27,32,45H,10,13H2,1-5H3,(H,38,44)(H,39,43)(H,40,41)/t27-,32?/m1/s1. The molecule has 2 amide bonds. The molecule has 1 aliphatic rings. The molecule has 3 heterocycles. The third kappa shape index (κ3) is 6.01. The fourth-order valence-electron chi connectivity index (χ4n) is 6.18. The number of amides is 2. The van der Waals surface area contributed by atoms with Gasteiger partial charge in [0.2, 0.25) is 5.91 Å². The van der Waals surface area contributed by atoms with Crippen molar-refractivity contribution in [3.05, 3.63) is 107 Å². The highest BCUT2D eigenvalue weighted by atomic mass is 16.3. The number of rotatable bonds is 8. The number of aliphatic hydroxyl groups is 1. The summed E-state index contributed by atoms with van der Waals surface area (Å²) in [6.45, 7) is 7.35. The van der Waals surface area contributed by atoms with E-state index in [9.17, 15) is 14.7 Å². The molecule has 5 aromatic rings. The first-order valence-electron chi connectivity index (χ1n) is 15.0. The second kappa shape index (κ2) is 11.8. The molecule has 6 rings (SSSR count). The lowest BCUT2D eigenvalue weighted by Crippen LogP contribution is -2.47. The molecule has 1 aliphatic carbocycles. The fourth-order valence-corrected chi connectivity index (χ4v) is 6.18. The van der Waals surface area contributed by atoms with Crippen LogP contribution in [-0.2, 0) is 23.9 Å². The Morgan fingerprint density at radius 1 is 1.00 bits per heavy atom. The summed E-state index contributed by atoms with van der Waals surface area (Å²) in [5.41, 5.74) is 8.43. The van der Waals surface area contributed by atoms with Gasteiger partial charge in [-0.3, -0.25) is 24.4 Å². The molecule has 0 saturated heterocycles. The minimum Gasteiger partial charge on any atom is -0.384 e. The number of aromatic amines is 1. The van der Waals surface area contributed by atoms with Crippen molar-refractivity contribution < 1.29 is 14.7 Å². The fraction of sp³-hybridized carbons (Fsp3) is 0.286. The number of fused-ring (bicyclic) bond motifs is 1. The van der Waals surface area contributed by atoms with Crippen molar-refractivity contribution in [2.75, 3.05) is 5.32 Å². The van der Waals surface area contributed by atoms with Crippen LogP contribution in [0.5, 0.6) is 0 Å². The van der Waals surface area contributed by atoms with Crippen LogP contribution in [0.2, 0.25) is 0 Å². The number of carbonyl (C=O) groups excluding carboxylic acids is 2. The summed E-state index contributed by atoms with van der Waals surface area (Å²) in [6, 6.07) is 18.5. The van der Waals surface area contributed by atoms with Crippen molar-refractivity contribution in [1.82, 2.24) is 30.3 Å². The van der Waals surface area contributed by atoms with Crippen molar-refractivity contribution in [2.45, 2.75) is 58.1 Å². The van der Waals surface area contributed by atoms with Crippen LogP contribution in [0.1, 0.15) is 64.9 Å². The molecule has 45 heavy (non-hydrogen) atoms. The topological polar surface area (TPSA) is 138 Å². The van der Waals surface area contributed by atoms with Gasteiger partial charge in [0.25, 0.3) is 5.91 Å². The van der Waals surface area contributed by atoms with E-state index in [0.717, 1.165) is 51.2 Å². The largest absolute Gasteiger partial charge is 0.384 e. The zero-order valence-electron chi connectivity index (χ0n) is 26.0. The lowest BCUT2D eigenvalue weighted by Gasteiger charge is -2.25. The highest BCUT2D eigenvalue weighted by Crippen LogP contribution is 2.39. The number of hydrogen-bond acceptors (Lipinski definition) is 6. The van der Waals surface area contributed by atoms with E-state index in [1.54, 1.807) is 39.4 Å². The highest BCUT2D eigenvalue weighted by Gasteiger charge is 2.36. The first kappa shape index (κ1) is 30.0. The summed E-state index contributed by atoms with van der Waals surface area (Å²) in [4.78, 5) is 31.8. The Kier molecular flexibility index (Phi) is 7.84. The molecule has 2 aromatic carbocycles. The molecule has 0 radical (unpaired) electrons. The van der Waals surface area contributed by atoms with Crippen molar-refractivity contribution in [3.63, 3.8) is 0 Å². The number of nitrogens with one attached hydrogen (secondary N) is 3. The van der Waals surface area contributed by atoms with Gasteiger partial charge in [0, 0.05) is 42.3 Å². The number of aryl methyl sites for hydroxylation is 4. The summed E-state index contributed by atoms with van der Waals surface area (Å²) in [5.74, 6) is -0.932. The molecule has 0 aliphatic heterocycles. The minimum atomic E-state index is -1.08. The third-order valence-electron chi connectivity index (χ3n) is 8.58. The Bertz CT molecular complexity index is 1860. The van der Waals surface area contributed by atoms with Crippen LogP contribution >= 0.6 is 0 Å². The molecule has 10 heteroatoms. The second-order valence-electron chi connectivity index (χ2n) is 12.2. The normalized spacial score (nSPS) is 15.0. The lowest BCUT2D eigenvalue weighted by atomic mass is 9.89. The van der Waals surface area contributed by atoms with E-state index >= 15 is 0 Å². The van der Waals surface area contributed by atoms with Gasteiger partial charge < -0.3 is 15.7 Å². The first-order chi connectivity index (χ1) is 21.5. The molecule has 0 spiro atoms. The average molecular weight is 604 g/mol. The van der Waals surface area contributed by atoms with Gasteiger partial charge in [-0.05, 0) is 98.7 Å². The number of aromatic nitrogens is 5. The molecule has 0 saturated carbocycles. The molecule has 230 valence electrons. The summed E-state index contributed by atoms with van der Waals surface area (Å²) < 4.78 is 1.49. The van der Waals surface area contributed by atoms with Crippen molar-refractivity contribution in [3.8, 4) is 22.3 Å². The molecular weight excluding hydrogens is 566 g/mol. The van der Waals surface area contributed by atoms with Crippen molar-refractivity contribution in [1.29, 1.82) is 0 Å². The summed E-state index contributed by atoms with van der Waals surface area (Å²) in [5, 5.41) is 28.0. The molecule has 0 fully saturated rings. The zero-order chi connectivity index (χ0) is 31.9. The van der Waals surface area contributed by atoms with Crippen LogP contribution in [0.25, 0.3) is 22.3 Å². The Morgan fingerprint density at radius 3 is 2.40 bits per heavy atom. The third-order valence-corrected chi connectivity index (χ3v) is 8.58. The number of anilines is 1. The Labute approximate surface area is 261 Å². The van der Waals surface area contributed by atoms with Crippen molar-refractivity contribution in [2.24, 2.45) is 7.05 Å². The summed E-state index contributed by atoms with van der Waals surface area (Å²) in [6.07, 6.45) is 4.74. The molecular formula is C35H37N7O3. The van der Waals surface area contributed by atoms with E-state index in [1.807, 2.05) is 50.2 Å². The van der Waals surface area contributed by atoms with Gasteiger partial charge in [0.1, 0.15) is 17.3 Å². The molecule has 2 atom stereocenters. The molecule has 4 N–H and O–H groups in total. The summed E-state index contributed by atoms with van der Waals surface area (Å²) in [7, 11) is 1.70. The van der Waals surface area contributed by atoms with Crippen molar-refractivity contribution >= 4 is 17.5 Å². The number of hydrogen-bond donors (Lipinski definition) is 4. The maximum absolute atomic E-state index is 14.0. The van der Waals surface area contributed by atoms with Crippen LogP contribution in [0.15, 0.2) is 73.1 Å². The average Bonchev–Trinajstić information content (AvgIpc) is 3.73. The maximum atomic E-state index is 14.0. The van der Waals surface area contributed by atoms with Gasteiger partial charge in [-0.25, -0.2) is 0 Å². The smallest absolute Gasteiger partial charge is 0.270 e. The van der Waals surface area contributed by atoms with E-state index in [0.29, 0.717) is 23.5 Å². The van der Waals surface area contributed by atoms with Gasteiger partial charge in [-0.15, -0.1) is 0 Å². The van der Waals surface area contributed by atoms with Gasteiger partial charge in [0.05, 0.1) is 11.4 Å². The maximum Gasteiger partial charge on any atom is 0.270 e. The second-order valence-corrected chi connectivity index (χ2v) is 12.2. The highest BCUT2D eigenvalue weighted by molar-refractivity contribution is 6.01. The van der Waals surface area contributed by atoms with E-state index in [2.05, 4.69) is 49.1 Å². The number of pyridine rings is 1. The van der Waals surface area contributed by atoms with E-state index in [1.165, 1.54) is 4.68 Å². The van der Waals surface area contributed by atoms with Crippen LogP contribution in [0.3, 0.4) is 0 Å². The van der Waals surface area contributed by atoms with Gasteiger partial charge in [0.15, 0.2) is 0 Å². The summed E-state index contributed by atoms with van der Waals surface area (Å²) >= 11 is 0. The Balaban J connectivity index is 1.31. The predicted molar refractivity (Wildman–Crippen MR) is 173 cm³/mol. The SMILES string of the molecule is Cc1n[nH]c(C)c1-c1ccc(NC(=O)C(NC(=O)c2ccnn2C)[C@@H]2CCc3ccc(-c4ccnc(C(C)(C)O)c4)cc32)cc1. The van der Waals surface area contributed by atoms with E-state index in [4.69, 9.17) is 0 Å². The lowest BCUT2D eigenvalue weighted by molar-refractivity contribution is -0.118. The number of carbonyl (C=O) groups is 2. The first-order valence-corrected chi connectivity index (χ1v) is 15.0. The zero-order valence-corrected chi connectivity index (χ0v) is 26.0. The number of nitrogens with zero attached hydrogens (tertiary/aromatic N) is 4.